The summed E-state index contributed by atoms with van der Waals surface area (Å²) in [6.07, 6.45) is 2.96. The summed E-state index contributed by atoms with van der Waals surface area (Å²) in [4.78, 5) is 24.6. The fourth-order valence-electron chi connectivity index (χ4n) is 1.69. The molecule has 1 aromatic rings. The summed E-state index contributed by atoms with van der Waals surface area (Å²) in [5.41, 5.74) is 0.735. The van der Waals surface area contributed by atoms with Gasteiger partial charge in [-0.2, -0.15) is 0 Å². The van der Waals surface area contributed by atoms with Crippen LogP contribution in [0.25, 0.3) is 6.08 Å². The number of benzene rings is 1. The number of halogens is 1. The standard InChI is InChI=1S/C14H13FN2O2S2/c15-11-4-1-10(2-5-11)3-6-12(18)16-7-8-17-13(19)9-21-14(17)20/h1-6H,7-9H2,(H,16,18)/b6-3+. The minimum absolute atomic E-state index is 0.0268. The van der Waals surface area contributed by atoms with Gasteiger partial charge in [-0.05, 0) is 23.8 Å². The van der Waals surface area contributed by atoms with Gasteiger partial charge < -0.3 is 5.32 Å². The predicted molar refractivity (Wildman–Crippen MR) is 85.2 cm³/mol. The van der Waals surface area contributed by atoms with E-state index in [2.05, 4.69) is 5.32 Å². The predicted octanol–water partition coefficient (Wildman–Crippen LogP) is 1.82. The highest BCUT2D eigenvalue weighted by Gasteiger charge is 2.25. The van der Waals surface area contributed by atoms with Crippen LogP contribution in [0, 0.1) is 5.82 Å². The van der Waals surface area contributed by atoms with Gasteiger partial charge in [-0.15, -0.1) is 0 Å². The molecule has 0 atom stereocenters. The Morgan fingerprint density at radius 1 is 1.43 bits per heavy atom. The number of thiocarbonyl (C=S) groups is 1. The van der Waals surface area contributed by atoms with E-state index in [-0.39, 0.29) is 17.6 Å². The van der Waals surface area contributed by atoms with E-state index < -0.39 is 0 Å². The SMILES string of the molecule is O=C(/C=C/c1ccc(F)cc1)NCCN1C(=O)CSC1=S. The van der Waals surface area contributed by atoms with Crippen LogP contribution in [0.3, 0.4) is 0 Å². The molecule has 1 fully saturated rings. The maximum Gasteiger partial charge on any atom is 0.244 e. The van der Waals surface area contributed by atoms with E-state index in [1.807, 2.05) is 0 Å². The number of nitrogens with zero attached hydrogens (tertiary/aromatic N) is 1. The second kappa shape index (κ2) is 7.33. The molecule has 2 amide bonds. The first kappa shape index (κ1) is 15.7. The highest BCUT2D eigenvalue weighted by molar-refractivity contribution is 8.23. The van der Waals surface area contributed by atoms with E-state index in [9.17, 15) is 14.0 Å². The van der Waals surface area contributed by atoms with Crippen molar-refractivity contribution in [2.45, 2.75) is 0 Å². The Balaban J connectivity index is 1.76. The highest BCUT2D eigenvalue weighted by atomic mass is 32.2. The van der Waals surface area contributed by atoms with Crippen molar-refractivity contribution in [1.29, 1.82) is 0 Å². The van der Waals surface area contributed by atoms with Gasteiger partial charge >= 0.3 is 0 Å². The summed E-state index contributed by atoms with van der Waals surface area (Å²) in [5, 5.41) is 2.67. The van der Waals surface area contributed by atoms with Crippen molar-refractivity contribution in [3.8, 4) is 0 Å². The van der Waals surface area contributed by atoms with Crippen LogP contribution in [0.1, 0.15) is 5.56 Å². The molecule has 0 saturated carbocycles. The highest BCUT2D eigenvalue weighted by Crippen LogP contribution is 2.18. The molecule has 0 aromatic heterocycles. The zero-order valence-corrected chi connectivity index (χ0v) is 12.7. The fraction of sp³-hybridized carbons (Fsp3) is 0.214. The summed E-state index contributed by atoms with van der Waals surface area (Å²) in [6, 6.07) is 5.82. The molecule has 1 aliphatic heterocycles. The first-order chi connectivity index (χ1) is 10.1. The number of amides is 2. The van der Waals surface area contributed by atoms with E-state index in [4.69, 9.17) is 12.2 Å². The number of hydrogen-bond acceptors (Lipinski definition) is 4. The van der Waals surface area contributed by atoms with E-state index in [1.54, 1.807) is 18.2 Å². The number of thioether (sulfide) groups is 1. The van der Waals surface area contributed by atoms with Crippen LogP contribution in [0.4, 0.5) is 4.39 Å². The molecular weight excluding hydrogens is 311 g/mol. The third-order valence-corrected chi connectivity index (χ3v) is 4.20. The van der Waals surface area contributed by atoms with Crippen LogP contribution in [0.5, 0.6) is 0 Å². The molecule has 1 N–H and O–H groups in total. The van der Waals surface area contributed by atoms with Crippen LogP contribution < -0.4 is 5.32 Å². The number of hydrogen-bond donors (Lipinski definition) is 1. The van der Waals surface area contributed by atoms with Gasteiger partial charge in [0.1, 0.15) is 10.1 Å². The maximum absolute atomic E-state index is 12.7. The van der Waals surface area contributed by atoms with Crippen molar-refractivity contribution in [3.05, 3.63) is 41.7 Å². The lowest BCUT2D eigenvalue weighted by atomic mass is 10.2. The van der Waals surface area contributed by atoms with Crippen molar-refractivity contribution in [2.24, 2.45) is 0 Å². The topological polar surface area (TPSA) is 49.4 Å². The van der Waals surface area contributed by atoms with Gasteiger partial charge in [-0.3, -0.25) is 14.5 Å². The number of carbonyl (C=O) groups is 2. The van der Waals surface area contributed by atoms with E-state index >= 15 is 0 Å². The van der Waals surface area contributed by atoms with Crippen LogP contribution in [0.15, 0.2) is 30.3 Å². The molecule has 7 heteroatoms. The monoisotopic (exact) mass is 324 g/mol. The summed E-state index contributed by atoms with van der Waals surface area (Å²) in [7, 11) is 0. The van der Waals surface area contributed by atoms with Crippen molar-refractivity contribution in [2.75, 3.05) is 18.8 Å². The van der Waals surface area contributed by atoms with Crippen LogP contribution in [-0.4, -0.2) is 39.9 Å². The molecule has 0 spiro atoms. The minimum atomic E-state index is -0.319. The Kier molecular flexibility index (Phi) is 5.46. The fourth-order valence-corrected chi connectivity index (χ4v) is 2.81. The maximum atomic E-state index is 12.7. The Labute approximate surface area is 131 Å². The molecule has 4 nitrogen and oxygen atoms in total. The van der Waals surface area contributed by atoms with Crippen molar-refractivity contribution < 1.29 is 14.0 Å². The molecule has 1 aromatic carbocycles. The van der Waals surface area contributed by atoms with Gasteiger partial charge in [0.05, 0.1) is 5.75 Å². The molecule has 21 heavy (non-hydrogen) atoms. The Morgan fingerprint density at radius 2 is 2.14 bits per heavy atom. The minimum Gasteiger partial charge on any atom is -0.351 e. The molecule has 0 radical (unpaired) electrons. The summed E-state index contributed by atoms with van der Waals surface area (Å²) in [5.74, 6) is -0.247. The van der Waals surface area contributed by atoms with Gasteiger partial charge in [-0.25, -0.2) is 4.39 Å². The summed E-state index contributed by atoms with van der Waals surface area (Å²) < 4.78 is 13.3. The third kappa shape index (κ3) is 4.64. The zero-order valence-electron chi connectivity index (χ0n) is 11.0. The quantitative estimate of drug-likeness (QED) is 0.663. The lowest BCUT2D eigenvalue weighted by Crippen LogP contribution is -2.36. The first-order valence-corrected chi connectivity index (χ1v) is 7.64. The largest absolute Gasteiger partial charge is 0.351 e. The number of carbonyl (C=O) groups excluding carboxylic acids is 2. The molecule has 110 valence electrons. The van der Waals surface area contributed by atoms with E-state index in [0.29, 0.717) is 23.2 Å². The Morgan fingerprint density at radius 3 is 2.76 bits per heavy atom. The normalized spacial score (nSPS) is 15.0. The van der Waals surface area contributed by atoms with Gasteiger partial charge in [0.25, 0.3) is 0 Å². The Hall–Kier alpha value is -1.73. The summed E-state index contributed by atoms with van der Waals surface area (Å²) >= 11 is 6.36. The number of nitrogens with one attached hydrogen (secondary N) is 1. The lowest BCUT2D eigenvalue weighted by molar-refractivity contribution is -0.124. The van der Waals surface area contributed by atoms with Crippen LogP contribution in [-0.2, 0) is 9.59 Å². The molecule has 0 unspecified atom stereocenters. The second-order valence-electron chi connectivity index (χ2n) is 4.28. The van der Waals surface area contributed by atoms with Gasteiger partial charge in [-0.1, -0.05) is 36.1 Å². The van der Waals surface area contributed by atoms with Crippen molar-refractivity contribution in [3.63, 3.8) is 0 Å². The average Bonchev–Trinajstić information content (AvgIpc) is 2.78. The zero-order chi connectivity index (χ0) is 15.2. The smallest absolute Gasteiger partial charge is 0.244 e. The molecule has 1 aliphatic rings. The Bertz CT molecular complexity index is 571. The molecular formula is C14H13FN2O2S2. The number of rotatable bonds is 5. The van der Waals surface area contributed by atoms with Crippen LogP contribution >= 0.6 is 24.0 Å². The van der Waals surface area contributed by atoms with Crippen LogP contribution in [0.2, 0.25) is 0 Å². The first-order valence-electron chi connectivity index (χ1n) is 6.25. The van der Waals surface area contributed by atoms with E-state index in [1.165, 1.54) is 34.9 Å². The van der Waals surface area contributed by atoms with E-state index in [0.717, 1.165) is 5.56 Å². The van der Waals surface area contributed by atoms with Gasteiger partial charge in [0.2, 0.25) is 11.8 Å². The molecule has 0 aliphatic carbocycles. The second-order valence-corrected chi connectivity index (χ2v) is 5.89. The van der Waals surface area contributed by atoms with Gasteiger partial charge in [0.15, 0.2) is 0 Å². The molecule has 1 heterocycles. The van der Waals surface area contributed by atoms with Crippen molar-refractivity contribution in [1.82, 2.24) is 10.2 Å². The molecule has 2 rings (SSSR count). The average molecular weight is 324 g/mol. The van der Waals surface area contributed by atoms with Gasteiger partial charge in [0, 0.05) is 19.2 Å². The summed E-state index contributed by atoms with van der Waals surface area (Å²) in [6.45, 7) is 0.708. The molecule has 0 bridgehead atoms. The lowest BCUT2D eigenvalue weighted by Gasteiger charge is -2.14. The van der Waals surface area contributed by atoms with Crippen molar-refractivity contribution >= 4 is 46.2 Å². The molecule has 1 saturated heterocycles. The third-order valence-electron chi connectivity index (χ3n) is 2.77.